The molecule has 1 radical (unpaired) electrons. The summed E-state index contributed by atoms with van der Waals surface area (Å²) >= 11 is 0. The van der Waals surface area contributed by atoms with Crippen molar-refractivity contribution >= 4 is 0 Å². The molecule has 0 fully saturated rings. The maximum absolute atomic E-state index is 8.56. The van der Waals surface area contributed by atoms with Gasteiger partial charge in [-0.2, -0.15) is 5.10 Å². The van der Waals surface area contributed by atoms with Gasteiger partial charge in [-0.15, -0.1) is 34.9 Å². The minimum atomic E-state index is -0.375. The van der Waals surface area contributed by atoms with Gasteiger partial charge in [-0.1, -0.05) is 114 Å². The van der Waals surface area contributed by atoms with Crippen molar-refractivity contribution in [3.63, 3.8) is 0 Å². The van der Waals surface area contributed by atoms with Crippen molar-refractivity contribution in [1.82, 2.24) is 14.8 Å². The Kier molecular flexibility index (Phi) is 11.3. The van der Waals surface area contributed by atoms with Crippen LogP contribution in [-0.4, -0.2) is 37.2 Å². The van der Waals surface area contributed by atoms with Crippen LogP contribution in [0.4, 0.5) is 0 Å². The van der Waals surface area contributed by atoms with E-state index in [2.05, 4.69) is 106 Å². The number of aliphatic hydroxyl groups is 2. The maximum atomic E-state index is 8.56. The number of aromatic nitrogens is 3. The number of hydrogen-bond acceptors (Lipinski definition) is 4. The molecular formula is C37H34IrN3O2-. The largest absolute Gasteiger partial charge is 0.393 e. The van der Waals surface area contributed by atoms with Crippen LogP contribution in [0.5, 0.6) is 0 Å². The average molecular weight is 745 g/mol. The van der Waals surface area contributed by atoms with E-state index in [0.29, 0.717) is 6.42 Å². The molecule has 0 aliphatic rings. The molecule has 0 amide bonds. The van der Waals surface area contributed by atoms with Gasteiger partial charge in [-0.05, 0) is 43.5 Å². The Morgan fingerprint density at radius 2 is 1.00 bits per heavy atom. The molecule has 6 aromatic rings. The Balaban J connectivity index is 0.000000475. The van der Waals surface area contributed by atoms with Crippen LogP contribution in [0, 0.1) is 6.07 Å². The molecule has 219 valence electrons. The first-order valence-electron chi connectivity index (χ1n) is 14.1. The average Bonchev–Trinajstić information content (AvgIpc) is 3.47. The Labute approximate surface area is 266 Å². The Morgan fingerprint density at radius 1 is 0.558 bits per heavy atom. The molecule has 43 heavy (non-hydrogen) atoms. The van der Waals surface area contributed by atoms with Crippen LogP contribution in [0.15, 0.2) is 133 Å². The third kappa shape index (κ3) is 8.22. The van der Waals surface area contributed by atoms with E-state index in [1.807, 2.05) is 48.5 Å². The zero-order valence-electron chi connectivity index (χ0n) is 24.1. The first-order valence-corrected chi connectivity index (χ1v) is 14.1. The van der Waals surface area contributed by atoms with Crippen molar-refractivity contribution in [2.75, 3.05) is 0 Å². The Morgan fingerprint density at radius 3 is 1.49 bits per heavy atom. The van der Waals surface area contributed by atoms with Gasteiger partial charge in [0.2, 0.25) is 0 Å². The summed E-state index contributed by atoms with van der Waals surface area (Å²) in [6.07, 6.45) is -0.278. The van der Waals surface area contributed by atoms with Crippen LogP contribution in [0.3, 0.4) is 0 Å². The van der Waals surface area contributed by atoms with Gasteiger partial charge in [-0.3, -0.25) is 0 Å². The summed E-state index contributed by atoms with van der Waals surface area (Å²) in [6.45, 7) is 3.32. The summed E-state index contributed by atoms with van der Waals surface area (Å²) in [5.41, 5.74) is 7.56. The van der Waals surface area contributed by atoms with E-state index in [4.69, 9.17) is 10.2 Å². The SMILES string of the molecule is CC(O)CC(C)O.[Ir].[c-]1cc(-c2ccccc2)ccc1-c1nnc(-c2ccc(-c3ccccc3)cc2)n1-c1ccccc1. The topological polar surface area (TPSA) is 71.2 Å². The summed E-state index contributed by atoms with van der Waals surface area (Å²) in [5.74, 6) is 1.56. The van der Waals surface area contributed by atoms with E-state index in [9.17, 15) is 0 Å². The number of para-hydroxylation sites is 1. The fourth-order valence-corrected chi connectivity index (χ4v) is 4.78. The van der Waals surface area contributed by atoms with Gasteiger partial charge in [-0.25, -0.2) is 0 Å². The number of aliphatic hydroxyl groups excluding tert-OH is 2. The zero-order chi connectivity index (χ0) is 29.3. The molecule has 1 aromatic heterocycles. The molecule has 0 saturated heterocycles. The molecule has 0 spiro atoms. The van der Waals surface area contributed by atoms with Crippen LogP contribution in [0.1, 0.15) is 20.3 Å². The molecule has 2 N–H and O–H groups in total. The van der Waals surface area contributed by atoms with E-state index in [-0.39, 0.29) is 32.3 Å². The van der Waals surface area contributed by atoms with Gasteiger partial charge in [0.15, 0.2) is 5.82 Å². The van der Waals surface area contributed by atoms with Crippen LogP contribution in [0.25, 0.3) is 50.7 Å². The van der Waals surface area contributed by atoms with Gasteiger partial charge >= 0.3 is 0 Å². The van der Waals surface area contributed by atoms with Crippen molar-refractivity contribution in [3.8, 4) is 50.7 Å². The monoisotopic (exact) mass is 745 g/mol. The quantitative estimate of drug-likeness (QED) is 0.163. The second-order valence-corrected chi connectivity index (χ2v) is 10.3. The first-order chi connectivity index (χ1) is 20.5. The van der Waals surface area contributed by atoms with Crippen LogP contribution < -0.4 is 0 Å². The molecule has 1 heterocycles. The second-order valence-electron chi connectivity index (χ2n) is 10.3. The standard InChI is InChI=1S/C32H22N3.C5H12O2.Ir/c1-4-10-24(11-5-1)26-16-20-28(21-17-26)31-33-34-32(35(31)30-14-8-3-9-15-30)29-22-18-27(19-23-29)25-12-6-2-7-13-25;1-4(6)3-5(2)7;/h1-22H;4-7H,3H2,1-2H3;/q-1;;. The van der Waals surface area contributed by atoms with E-state index in [0.717, 1.165) is 34.0 Å². The summed E-state index contributed by atoms with van der Waals surface area (Å²) < 4.78 is 2.10. The second kappa shape index (κ2) is 15.3. The Bertz CT molecular complexity index is 1560. The molecular weight excluding hydrogens is 711 g/mol. The van der Waals surface area contributed by atoms with Crippen LogP contribution >= 0.6 is 0 Å². The molecule has 0 aliphatic carbocycles. The minimum absolute atomic E-state index is 0. The van der Waals surface area contributed by atoms with Gasteiger partial charge in [0, 0.05) is 31.4 Å². The van der Waals surface area contributed by atoms with Crippen molar-refractivity contribution < 1.29 is 30.3 Å². The van der Waals surface area contributed by atoms with Gasteiger partial charge < -0.3 is 14.8 Å². The number of benzene rings is 5. The van der Waals surface area contributed by atoms with E-state index >= 15 is 0 Å². The summed E-state index contributed by atoms with van der Waals surface area (Å²) in [6, 6.07) is 49.1. The maximum Gasteiger partial charge on any atom is 0.159 e. The zero-order valence-corrected chi connectivity index (χ0v) is 26.5. The van der Waals surface area contributed by atoms with Crippen molar-refractivity contribution in [1.29, 1.82) is 0 Å². The van der Waals surface area contributed by atoms with Crippen molar-refractivity contribution in [3.05, 3.63) is 140 Å². The predicted molar refractivity (Wildman–Crippen MR) is 170 cm³/mol. The number of rotatable bonds is 7. The smallest absolute Gasteiger partial charge is 0.159 e. The van der Waals surface area contributed by atoms with E-state index in [1.54, 1.807) is 13.8 Å². The number of nitrogens with zero attached hydrogens (tertiary/aromatic N) is 3. The first kappa shape index (κ1) is 31.7. The van der Waals surface area contributed by atoms with Gasteiger partial charge in [0.1, 0.15) is 0 Å². The molecule has 6 rings (SSSR count). The van der Waals surface area contributed by atoms with Crippen LogP contribution in [0.2, 0.25) is 0 Å². The molecule has 5 aromatic carbocycles. The molecule has 5 nitrogen and oxygen atoms in total. The van der Waals surface area contributed by atoms with E-state index in [1.165, 1.54) is 16.7 Å². The fourth-order valence-electron chi connectivity index (χ4n) is 4.78. The van der Waals surface area contributed by atoms with Crippen LogP contribution in [-0.2, 0) is 20.1 Å². The summed E-state index contributed by atoms with van der Waals surface area (Å²) in [7, 11) is 0. The molecule has 0 saturated carbocycles. The summed E-state index contributed by atoms with van der Waals surface area (Å²) in [5, 5.41) is 26.3. The van der Waals surface area contributed by atoms with E-state index < -0.39 is 0 Å². The van der Waals surface area contributed by atoms with Crippen molar-refractivity contribution in [2.24, 2.45) is 0 Å². The molecule has 0 aliphatic heterocycles. The third-order valence-electron chi connectivity index (χ3n) is 6.77. The Hall–Kier alpha value is -4.19. The summed E-state index contributed by atoms with van der Waals surface area (Å²) in [4.78, 5) is 0. The fraction of sp³-hybridized carbons (Fsp3) is 0.135. The molecule has 0 bridgehead atoms. The molecule has 6 heteroatoms. The normalized spacial score (nSPS) is 11.9. The van der Waals surface area contributed by atoms with Gasteiger partial charge in [0.05, 0.1) is 18.0 Å². The molecule has 2 unspecified atom stereocenters. The van der Waals surface area contributed by atoms with Crippen molar-refractivity contribution in [2.45, 2.75) is 32.5 Å². The molecule has 2 atom stereocenters. The number of hydrogen-bond donors (Lipinski definition) is 2. The van der Waals surface area contributed by atoms with Gasteiger partial charge in [0.25, 0.3) is 0 Å². The third-order valence-corrected chi connectivity index (χ3v) is 6.77. The predicted octanol–water partition coefficient (Wildman–Crippen LogP) is 7.87. The minimum Gasteiger partial charge on any atom is -0.393 e.